The van der Waals surface area contributed by atoms with Crippen molar-refractivity contribution in [3.05, 3.63) is 81.1 Å². The fourth-order valence-electron chi connectivity index (χ4n) is 6.15. The van der Waals surface area contributed by atoms with Gasteiger partial charge in [-0.15, -0.1) is 10.2 Å². The van der Waals surface area contributed by atoms with E-state index in [-0.39, 0.29) is 37.2 Å². The quantitative estimate of drug-likeness (QED) is 0.108. The molecule has 1 aliphatic carbocycles. The van der Waals surface area contributed by atoms with E-state index in [1.54, 1.807) is 12.1 Å². The Morgan fingerprint density at radius 2 is 1.76 bits per heavy atom. The van der Waals surface area contributed by atoms with Crippen molar-refractivity contribution in [2.45, 2.75) is 84.0 Å². The molecule has 13 nitrogen and oxygen atoms in total. The van der Waals surface area contributed by atoms with Gasteiger partial charge >= 0.3 is 18.0 Å². The molecule has 4 aromatic rings. The number of nitrogens with one attached hydrogen (secondary N) is 4. The lowest BCUT2D eigenvalue weighted by Crippen LogP contribution is -2.65. The van der Waals surface area contributed by atoms with E-state index in [2.05, 4.69) is 31.1 Å². The van der Waals surface area contributed by atoms with E-state index < -0.39 is 47.4 Å². The number of aromatic nitrogens is 3. The third-order valence-electron chi connectivity index (χ3n) is 9.47. The van der Waals surface area contributed by atoms with E-state index in [4.69, 9.17) is 32.4 Å². The highest BCUT2D eigenvalue weighted by molar-refractivity contribution is 6.38. The second-order valence-electron chi connectivity index (χ2n) is 12.8. The average Bonchev–Trinajstić information content (AvgIpc) is 3.74. The summed E-state index contributed by atoms with van der Waals surface area (Å²) < 4.78 is 10.9. The first kappa shape index (κ1) is 36.7. The van der Waals surface area contributed by atoms with Gasteiger partial charge in [-0.25, -0.2) is 9.59 Å². The van der Waals surface area contributed by atoms with E-state index in [0.29, 0.717) is 40.2 Å². The molecule has 0 aliphatic heterocycles. The van der Waals surface area contributed by atoms with Gasteiger partial charge in [-0.3, -0.25) is 9.59 Å². The Bertz CT molecular complexity index is 1880. The molecule has 15 heteroatoms. The zero-order chi connectivity index (χ0) is 36.2. The van der Waals surface area contributed by atoms with Crippen molar-refractivity contribution in [3.63, 3.8) is 0 Å². The van der Waals surface area contributed by atoms with E-state index >= 15 is 0 Å². The molecule has 0 radical (unpaired) electrons. The Labute approximate surface area is 298 Å². The number of ether oxygens (including phenoxy) is 1. The Morgan fingerprint density at radius 1 is 1.04 bits per heavy atom. The predicted molar refractivity (Wildman–Crippen MR) is 186 cm³/mol. The summed E-state index contributed by atoms with van der Waals surface area (Å²) in [4.78, 5) is 56.7. The average molecular weight is 728 g/mol. The number of fused-ring (bicyclic) bond motifs is 3. The number of carbonyl (C=O) groups is 4. The molecule has 5 N–H and O–H groups in total. The minimum Gasteiger partial charge on any atom is -0.474 e. The van der Waals surface area contributed by atoms with Crippen LogP contribution in [0.5, 0.6) is 0 Å². The third-order valence-corrected chi connectivity index (χ3v) is 9.98. The molecule has 50 heavy (non-hydrogen) atoms. The van der Waals surface area contributed by atoms with Gasteiger partial charge in [-0.2, -0.15) is 0 Å². The Kier molecular flexibility index (Phi) is 11.4. The molecule has 2 heterocycles. The van der Waals surface area contributed by atoms with Crippen LogP contribution in [0.1, 0.15) is 86.4 Å². The summed E-state index contributed by atoms with van der Waals surface area (Å²) in [5.74, 6) is -3.79. The number of halogens is 2. The molecule has 5 rings (SSSR count). The molecule has 5 atom stereocenters. The number of H-pyrrole nitrogens is 1. The number of amides is 3. The molecular weight excluding hydrogens is 687 g/mol. The van der Waals surface area contributed by atoms with E-state index in [9.17, 15) is 24.3 Å². The Hall–Kier alpha value is -4.62. The fraction of sp³-hybridized carbons (Fsp3) is 0.429. The van der Waals surface area contributed by atoms with Crippen LogP contribution in [0.4, 0.5) is 4.79 Å². The van der Waals surface area contributed by atoms with Crippen LogP contribution in [0.15, 0.2) is 46.9 Å². The van der Waals surface area contributed by atoms with Crippen LogP contribution in [0.2, 0.25) is 10.0 Å². The van der Waals surface area contributed by atoms with Crippen molar-refractivity contribution < 1.29 is 33.4 Å². The number of carboxylic acid groups (broad SMARTS) is 1. The highest BCUT2D eigenvalue weighted by atomic mass is 35.5. The highest BCUT2D eigenvalue weighted by Crippen LogP contribution is 2.39. The minimum atomic E-state index is -1.53. The molecule has 1 aliphatic rings. The van der Waals surface area contributed by atoms with Gasteiger partial charge in [0.25, 0.3) is 0 Å². The number of carboxylic acids is 1. The maximum absolute atomic E-state index is 14.6. The highest BCUT2D eigenvalue weighted by Gasteiger charge is 2.47. The SMILES string of the molecule is CCC(C)[C@H](NC(=O)OCc1ccccc1)C(=O)N[C@@]1(C(=O)N[C@H](c2nnc(C(=O)O)o2)C(C)CC)CCc2[nH]c3c(Cl)cc(Cl)cc3c2C1. The number of alkyl carbamates (subject to hydrolysis) is 1. The van der Waals surface area contributed by atoms with Crippen LogP contribution >= 0.6 is 23.2 Å². The fourth-order valence-corrected chi connectivity index (χ4v) is 6.69. The maximum atomic E-state index is 14.6. The standard InChI is InChI=1S/C35H40Cl2N6O7/c1-5-18(3)26(40-34(48)49-17-20-10-8-7-9-11-20)29(44)41-35(13-12-25-23(16-35)22-14-21(36)15-24(37)28(22)38-25)33(47)39-27(19(4)6-2)30-42-43-31(50-30)32(45)46/h7-11,14-15,18-19,26-27,38H,5-6,12-13,16-17H2,1-4H3,(H,39,47)(H,40,48)(H,41,44)(H,45,46)/t18?,19?,26-,27-,35-/m0/s1. The van der Waals surface area contributed by atoms with Crippen LogP contribution in [0.25, 0.3) is 10.9 Å². The lowest BCUT2D eigenvalue weighted by Gasteiger charge is -2.39. The van der Waals surface area contributed by atoms with Crippen molar-refractivity contribution in [1.29, 1.82) is 0 Å². The van der Waals surface area contributed by atoms with Crippen molar-refractivity contribution in [1.82, 2.24) is 31.1 Å². The van der Waals surface area contributed by atoms with Crippen LogP contribution < -0.4 is 16.0 Å². The lowest BCUT2D eigenvalue weighted by atomic mass is 9.78. The van der Waals surface area contributed by atoms with E-state index in [1.807, 2.05) is 58.0 Å². The lowest BCUT2D eigenvalue weighted by molar-refractivity contribution is -0.136. The second-order valence-corrected chi connectivity index (χ2v) is 13.6. The van der Waals surface area contributed by atoms with Gasteiger partial charge < -0.3 is 35.2 Å². The van der Waals surface area contributed by atoms with Gasteiger partial charge in [0, 0.05) is 22.5 Å². The van der Waals surface area contributed by atoms with Crippen molar-refractivity contribution in [3.8, 4) is 0 Å². The smallest absolute Gasteiger partial charge is 0.408 e. The largest absolute Gasteiger partial charge is 0.474 e. The molecule has 266 valence electrons. The maximum Gasteiger partial charge on any atom is 0.408 e. The monoisotopic (exact) mass is 726 g/mol. The number of hydrogen-bond donors (Lipinski definition) is 5. The Morgan fingerprint density at radius 3 is 2.42 bits per heavy atom. The molecule has 0 saturated carbocycles. The van der Waals surface area contributed by atoms with E-state index in [1.165, 1.54) is 0 Å². The van der Waals surface area contributed by atoms with Crippen LogP contribution in [0.3, 0.4) is 0 Å². The van der Waals surface area contributed by atoms with Gasteiger partial charge in [0.2, 0.25) is 17.7 Å². The number of aromatic carboxylic acids is 1. The summed E-state index contributed by atoms with van der Waals surface area (Å²) in [6.45, 7) is 7.49. The van der Waals surface area contributed by atoms with Crippen LogP contribution in [0, 0.1) is 11.8 Å². The second kappa shape index (κ2) is 15.5. The molecule has 2 unspecified atom stereocenters. The molecule has 0 spiro atoms. The summed E-state index contributed by atoms with van der Waals surface area (Å²) in [7, 11) is 0. The molecule has 0 bridgehead atoms. The van der Waals surface area contributed by atoms with Gasteiger partial charge in [-0.05, 0) is 47.9 Å². The summed E-state index contributed by atoms with van der Waals surface area (Å²) in [6.07, 6.45) is 0.938. The van der Waals surface area contributed by atoms with Crippen molar-refractivity contribution in [2.24, 2.45) is 11.8 Å². The zero-order valence-corrected chi connectivity index (χ0v) is 29.7. The molecule has 0 saturated heterocycles. The number of hydrogen-bond acceptors (Lipinski definition) is 8. The Balaban J connectivity index is 1.49. The minimum absolute atomic E-state index is 0.0125. The molecule has 0 fully saturated rings. The first-order valence-electron chi connectivity index (χ1n) is 16.5. The number of aromatic amines is 1. The molecule has 3 amide bonds. The van der Waals surface area contributed by atoms with Crippen LogP contribution in [-0.2, 0) is 33.8 Å². The third kappa shape index (κ3) is 7.89. The van der Waals surface area contributed by atoms with E-state index in [0.717, 1.165) is 16.8 Å². The number of benzene rings is 2. The molecular formula is C35H40Cl2N6O7. The number of nitrogens with zero attached hydrogens (tertiary/aromatic N) is 2. The molecule has 2 aromatic heterocycles. The summed E-state index contributed by atoms with van der Waals surface area (Å²) in [5, 5.41) is 27.2. The topological polar surface area (TPSA) is 189 Å². The van der Waals surface area contributed by atoms with Crippen LogP contribution in [-0.4, -0.2) is 55.7 Å². The number of rotatable bonds is 13. The molecule has 2 aromatic carbocycles. The van der Waals surface area contributed by atoms with Gasteiger partial charge in [-0.1, -0.05) is 94.1 Å². The first-order valence-corrected chi connectivity index (χ1v) is 17.3. The summed E-state index contributed by atoms with van der Waals surface area (Å²) >= 11 is 12.9. The van der Waals surface area contributed by atoms with Gasteiger partial charge in [0.1, 0.15) is 24.2 Å². The number of aryl methyl sites for hydroxylation is 1. The summed E-state index contributed by atoms with van der Waals surface area (Å²) in [5.41, 5.74) is 1.52. The van der Waals surface area contributed by atoms with Gasteiger partial charge in [0.15, 0.2) is 0 Å². The normalized spacial score (nSPS) is 18.0. The zero-order valence-electron chi connectivity index (χ0n) is 28.1. The number of carbonyl (C=O) groups excluding carboxylic acids is 3. The van der Waals surface area contributed by atoms with Crippen molar-refractivity contribution in [2.75, 3.05) is 0 Å². The van der Waals surface area contributed by atoms with Crippen molar-refractivity contribution >= 4 is 58.0 Å². The predicted octanol–water partition coefficient (Wildman–Crippen LogP) is 6.14. The summed E-state index contributed by atoms with van der Waals surface area (Å²) in [6, 6.07) is 10.6. The van der Waals surface area contributed by atoms with Gasteiger partial charge in [0.05, 0.1) is 10.5 Å². The first-order chi connectivity index (χ1) is 23.8.